The molecule has 19 heavy (non-hydrogen) atoms. The first kappa shape index (κ1) is 14.4. The number of benzene rings is 1. The first-order valence-corrected chi connectivity index (χ1v) is 6.79. The molecule has 0 aliphatic carbocycles. The quantitative estimate of drug-likeness (QED) is 0.909. The molecule has 1 aliphatic rings. The third-order valence-electron chi connectivity index (χ3n) is 3.83. The Labute approximate surface area is 113 Å². The lowest BCUT2D eigenvalue weighted by Crippen LogP contribution is -2.44. The fourth-order valence-electron chi connectivity index (χ4n) is 2.76. The zero-order chi connectivity index (χ0) is 14.0. The number of ether oxygens (including phenoxy) is 1. The van der Waals surface area contributed by atoms with Gasteiger partial charge in [0.15, 0.2) is 0 Å². The van der Waals surface area contributed by atoms with Gasteiger partial charge in [-0.05, 0) is 50.9 Å². The number of nitrogens with one attached hydrogen (secondary N) is 1. The van der Waals surface area contributed by atoms with Gasteiger partial charge in [-0.3, -0.25) is 0 Å². The van der Waals surface area contributed by atoms with Gasteiger partial charge >= 0.3 is 0 Å². The van der Waals surface area contributed by atoms with Gasteiger partial charge in [0, 0.05) is 18.2 Å². The largest absolute Gasteiger partial charge is 0.370 e. The zero-order valence-corrected chi connectivity index (χ0v) is 11.7. The molecule has 1 aromatic rings. The molecule has 0 amide bonds. The molecule has 1 N–H and O–H groups in total. The van der Waals surface area contributed by atoms with E-state index in [0.29, 0.717) is 24.2 Å². The Morgan fingerprint density at radius 1 is 1.37 bits per heavy atom. The van der Waals surface area contributed by atoms with Gasteiger partial charge in [0.05, 0.1) is 5.60 Å². The summed E-state index contributed by atoms with van der Waals surface area (Å²) in [7, 11) is 0. The van der Waals surface area contributed by atoms with Gasteiger partial charge in [0.25, 0.3) is 0 Å². The van der Waals surface area contributed by atoms with Gasteiger partial charge in [-0.25, -0.2) is 8.78 Å². The lowest BCUT2D eigenvalue weighted by molar-refractivity contribution is -0.0831. The Balaban J connectivity index is 2.31. The van der Waals surface area contributed by atoms with Gasteiger partial charge in [-0.15, -0.1) is 0 Å². The number of rotatable bonds is 3. The average molecular weight is 269 g/mol. The van der Waals surface area contributed by atoms with Crippen LogP contribution < -0.4 is 5.32 Å². The Morgan fingerprint density at radius 2 is 2.11 bits per heavy atom. The topological polar surface area (TPSA) is 21.3 Å². The number of aryl methyl sites for hydroxylation is 1. The Bertz CT molecular complexity index is 462. The fourth-order valence-corrected chi connectivity index (χ4v) is 2.76. The molecule has 1 fully saturated rings. The van der Waals surface area contributed by atoms with Crippen molar-refractivity contribution in [1.29, 1.82) is 0 Å². The van der Waals surface area contributed by atoms with E-state index in [1.165, 1.54) is 12.1 Å². The second-order valence-electron chi connectivity index (χ2n) is 5.41. The lowest BCUT2D eigenvalue weighted by Gasteiger charge is -2.39. The van der Waals surface area contributed by atoms with E-state index >= 15 is 0 Å². The minimum atomic E-state index is -0.760. The Hall–Kier alpha value is -1.00. The molecule has 0 spiro atoms. The molecule has 1 aliphatic heterocycles. The molecular weight excluding hydrogens is 248 g/mol. The van der Waals surface area contributed by atoms with Crippen LogP contribution in [0.4, 0.5) is 8.78 Å². The molecule has 0 aromatic heterocycles. The van der Waals surface area contributed by atoms with E-state index in [-0.39, 0.29) is 11.9 Å². The van der Waals surface area contributed by atoms with Crippen LogP contribution in [-0.4, -0.2) is 19.2 Å². The van der Waals surface area contributed by atoms with Crippen LogP contribution >= 0.6 is 0 Å². The second kappa shape index (κ2) is 5.55. The second-order valence-corrected chi connectivity index (χ2v) is 5.41. The standard InChI is InChI=1S/C15H21F2NO/c1-4-18-11-5-6-19-15(3,9-11)12-8-13(16)10(2)7-14(12)17/h7-8,11,18H,4-6,9H2,1-3H3. The Kier molecular flexibility index (Phi) is 4.21. The van der Waals surface area contributed by atoms with E-state index in [1.54, 1.807) is 6.92 Å². The maximum Gasteiger partial charge on any atom is 0.129 e. The van der Waals surface area contributed by atoms with Gasteiger partial charge in [0.2, 0.25) is 0 Å². The number of hydrogen-bond acceptors (Lipinski definition) is 2. The Morgan fingerprint density at radius 3 is 2.79 bits per heavy atom. The molecular formula is C15H21F2NO. The molecule has 1 heterocycles. The maximum absolute atomic E-state index is 14.1. The predicted octanol–water partition coefficient (Wildman–Crippen LogP) is 3.28. The van der Waals surface area contributed by atoms with Crippen LogP contribution in [0, 0.1) is 18.6 Å². The van der Waals surface area contributed by atoms with Crippen molar-refractivity contribution in [2.24, 2.45) is 0 Å². The van der Waals surface area contributed by atoms with Gasteiger partial charge in [0.1, 0.15) is 11.6 Å². The summed E-state index contributed by atoms with van der Waals surface area (Å²) in [5.41, 5.74) is -0.119. The smallest absolute Gasteiger partial charge is 0.129 e. The highest BCUT2D eigenvalue weighted by molar-refractivity contribution is 5.30. The van der Waals surface area contributed by atoms with Crippen LogP contribution in [-0.2, 0) is 10.3 Å². The first-order valence-electron chi connectivity index (χ1n) is 6.79. The third-order valence-corrected chi connectivity index (χ3v) is 3.83. The van der Waals surface area contributed by atoms with E-state index < -0.39 is 11.4 Å². The van der Waals surface area contributed by atoms with Crippen molar-refractivity contribution in [2.45, 2.75) is 45.3 Å². The number of halogens is 2. The summed E-state index contributed by atoms with van der Waals surface area (Å²) in [6.45, 7) is 6.87. The molecule has 0 saturated carbocycles. The van der Waals surface area contributed by atoms with E-state index in [9.17, 15) is 8.78 Å². The summed E-state index contributed by atoms with van der Waals surface area (Å²) >= 11 is 0. The van der Waals surface area contributed by atoms with Crippen LogP contribution in [0.3, 0.4) is 0 Å². The third kappa shape index (κ3) is 2.95. The molecule has 2 unspecified atom stereocenters. The van der Waals surface area contributed by atoms with Crippen molar-refractivity contribution in [2.75, 3.05) is 13.2 Å². The van der Waals surface area contributed by atoms with Crippen LogP contribution in [0.15, 0.2) is 12.1 Å². The molecule has 4 heteroatoms. The average Bonchev–Trinajstić information content (AvgIpc) is 2.34. The summed E-state index contributed by atoms with van der Waals surface area (Å²) in [6, 6.07) is 2.81. The molecule has 1 saturated heterocycles. The maximum atomic E-state index is 14.1. The normalized spacial score (nSPS) is 27.5. The van der Waals surface area contributed by atoms with Crippen LogP contribution in [0.25, 0.3) is 0 Å². The molecule has 2 nitrogen and oxygen atoms in total. The molecule has 0 bridgehead atoms. The minimum absolute atomic E-state index is 0.285. The van der Waals surface area contributed by atoms with Gasteiger partial charge in [-0.2, -0.15) is 0 Å². The zero-order valence-electron chi connectivity index (χ0n) is 11.7. The SMILES string of the molecule is CCNC1CCOC(C)(c2cc(F)c(C)cc2F)C1. The highest BCUT2D eigenvalue weighted by Gasteiger charge is 2.37. The van der Waals surface area contributed by atoms with E-state index in [1.807, 2.05) is 13.8 Å². The summed E-state index contributed by atoms with van der Waals surface area (Å²) in [5, 5.41) is 3.36. The van der Waals surface area contributed by atoms with Crippen molar-refractivity contribution in [3.63, 3.8) is 0 Å². The molecule has 0 radical (unpaired) electrons. The predicted molar refractivity (Wildman–Crippen MR) is 71.1 cm³/mol. The summed E-state index contributed by atoms with van der Waals surface area (Å²) in [6.07, 6.45) is 1.56. The number of hydrogen-bond donors (Lipinski definition) is 1. The van der Waals surface area contributed by atoms with Crippen LogP contribution in [0.5, 0.6) is 0 Å². The van der Waals surface area contributed by atoms with Crippen molar-refractivity contribution in [1.82, 2.24) is 5.32 Å². The van der Waals surface area contributed by atoms with Crippen LogP contribution in [0.2, 0.25) is 0 Å². The molecule has 2 rings (SSSR count). The van der Waals surface area contributed by atoms with Gasteiger partial charge in [-0.1, -0.05) is 6.92 Å². The highest BCUT2D eigenvalue weighted by Crippen LogP contribution is 2.37. The fraction of sp³-hybridized carbons (Fsp3) is 0.600. The first-order chi connectivity index (χ1) is 8.96. The molecule has 106 valence electrons. The van der Waals surface area contributed by atoms with Crippen molar-refractivity contribution >= 4 is 0 Å². The van der Waals surface area contributed by atoms with E-state index in [2.05, 4.69) is 5.32 Å². The lowest BCUT2D eigenvalue weighted by atomic mass is 9.85. The van der Waals surface area contributed by atoms with Crippen molar-refractivity contribution < 1.29 is 13.5 Å². The summed E-state index contributed by atoms with van der Waals surface area (Å²) in [4.78, 5) is 0. The monoisotopic (exact) mass is 269 g/mol. The van der Waals surface area contributed by atoms with Gasteiger partial charge < -0.3 is 10.1 Å². The molecule has 1 aromatic carbocycles. The summed E-state index contributed by atoms with van der Waals surface area (Å²) < 4.78 is 33.6. The van der Waals surface area contributed by atoms with E-state index in [4.69, 9.17) is 4.74 Å². The summed E-state index contributed by atoms with van der Waals surface area (Å²) in [5.74, 6) is -0.773. The minimum Gasteiger partial charge on any atom is -0.370 e. The van der Waals surface area contributed by atoms with Crippen LogP contribution in [0.1, 0.15) is 37.8 Å². The highest BCUT2D eigenvalue weighted by atomic mass is 19.1. The van der Waals surface area contributed by atoms with Crippen molar-refractivity contribution in [3.05, 3.63) is 34.9 Å². The van der Waals surface area contributed by atoms with E-state index in [0.717, 1.165) is 13.0 Å². The molecule has 2 atom stereocenters. The van der Waals surface area contributed by atoms with Crippen molar-refractivity contribution in [3.8, 4) is 0 Å².